The fourth-order valence-corrected chi connectivity index (χ4v) is 4.49. The van der Waals surface area contributed by atoms with Crippen LogP contribution < -0.4 is 0 Å². The molecular weight excluding hydrogens is 332 g/mol. The van der Waals surface area contributed by atoms with Crippen LogP contribution in [0.25, 0.3) is 0 Å². The van der Waals surface area contributed by atoms with Crippen molar-refractivity contribution in [1.29, 1.82) is 0 Å². The van der Waals surface area contributed by atoms with E-state index in [1.165, 1.54) is 63.5 Å². The first-order valence-corrected chi connectivity index (χ1v) is 11.8. The number of epoxide rings is 1. The van der Waals surface area contributed by atoms with Gasteiger partial charge in [-0.25, -0.2) is 0 Å². The first-order valence-electron chi connectivity index (χ1n) is 10.6. The lowest BCUT2D eigenvalue weighted by Gasteiger charge is -2.37. The molecule has 4 heteroatoms. The standard InChI is InChI=1S/C21H42O3S/c1-5-8-9-10-11-12-14-19(21(4,23-6-2)24-7-3)15-13-16-25-18-20-17-22-20/h19-20H,5-18H2,1-4H3. The van der Waals surface area contributed by atoms with Crippen LogP contribution in [-0.4, -0.2) is 43.2 Å². The average molecular weight is 375 g/mol. The summed E-state index contributed by atoms with van der Waals surface area (Å²) in [4.78, 5) is 0. The van der Waals surface area contributed by atoms with Crippen LogP contribution in [0.2, 0.25) is 0 Å². The van der Waals surface area contributed by atoms with Crippen LogP contribution in [0, 0.1) is 5.92 Å². The molecule has 0 aliphatic carbocycles. The maximum absolute atomic E-state index is 6.08. The summed E-state index contributed by atoms with van der Waals surface area (Å²) in [7, 11) is 0. The van der Waals surface area contributed by atoms with Gasteiger partial charge in [0, 0.05) is 24.9 Å². The summed E-state index contributed by atoms with van der Waals surface area (Å²) in [6.07, 6.45) is 12.3. The van der Waals surface area contributed by atoms with Gasteiger partial charge in [0.05, 0.1) is 12.7 Å². The number of ether oxygens (including phenoxy) is 3. The van der Waals surface area contributed by atoms with Crippen molar-refractivity contribution in [2.75, 3.05) is 31.3 Å². The first-order chi connectivity index (χ1) is 12.2. The maximum atomic E-state index is 6.08. The van der Waals surface area contributed by atoms with Crippen molar-refractivity contribution in [3.63, 3.8) is 0 Å². The molecule has 0 amide bonds. The first kappa shape index (κ1) is 23.3. The Kier molecular flexibility index (Phi) is 13.3. The number of unbranched alkanes of at least 4 members (excludes halogenated alkanes) is 5. The van der Waals surface area contributed by atoms with Crippen molar-refractivity contribution in [3.8, 4) is 0 Å². The molecule has 0 bridgehead atoms. The Bertz CT molecular complexity index is 302. The van der Waals surface area contributed by atoms with Crippen LogP contribution in [0.5, 0.6) is 0 Å². The smallest absolute Gasteiger partial charge is 0.168 e. The zero-order valence-corrected chi connectivity index (χ0v) is 18.0. The summed E-state index contributed by atoms with van der Waals surface area (Å²) in [5, 5.41) is 0. The molecule has 0 saturated carbocycles. The van der Waals surface area contributed by atoms with E-state index in [1.807, 2.05) is 11.8 Å². The topological polar surface area (TPSA) is 31.0 Å². The summed E-state index contributed by atoms with van der Waals surface area (Å²) >= 11 is 2.03. The Balaban J connectivity index is 2.36. The number of hydrogen-bond donors (Lipinski definition) is 0. The molecule has 0 aromatic rings. The van der Waals surface area contributed by atoms with E-state index < -0.39 is 5.79 Å². The molecule has 0 spiro atoms. The predicted octanol–water partition coefficient (Wildman–Crippen LogP) is 6.05. The van der Waals surface area contributed by atoms with Crippen molar-refractivity contribution in [2.45, 2.75) is 97.4 Å². The van der Waals surface area contributed by atoms with E-state index in [2.05, 4.69) is 27.7 Å². The van der Waals surface area contributed by atoms with Crippen molar-refractivity contribution in [2.24, 2.45) is 5.92 Å². The lowest BCUT2D eigenvalue weighted by molar-refractivity contribution is -0.254. The Hall–Kier alpha value is 0.230. The molecule has 0 N–H and O–H groups in total. The summed E-state index contributed by atoms with van der Waals surface area (Å²) < 4.78 is 17.5. The van der Waals surface area contributed by atoms with Gasteiger partial charge in [-0.2, -0.15) is 11.8 Å². The van der Waals surface area contributed by atoms with Crippen LogP contribution in [0.4, 0.5) is 0 Å². The van der Waals surface area contributed by atoms with Crippen molar-refractivity contribution in [1.82, 2.24) is 0 Å². The third-order valence-corrected chi connectivity index (χ3v) is 6.24. The molecule has 3 nitrogen and oxygen atoms in total. The minimum absolute atomic E-state index is 0.419. The van der Waals surface area contributed by atoms with E-state index in [0.29, 0.717) is 12.0 Å². The second-order valence-electron chi connectivity index (χ2n) is 7.31. The van der Waals surface area contributed by atoms with Gasteiger partial charge in [0.1, 0.15) is 0 Å². The van der Waals surface area contributed by atoms with Gasteiger partial charge in [-0.3, -0.25) is 0 Å². The number of hydrogen-bond acceptors (Lipinski definition) is 4. The Morgan fingerprint density at radius 1 is 0.960 bits per heavy atom. The molecule has 0 radical (unpaired) electrons. The lowest BCUT2D eigenvalue weighted by atomic mass is 9.88. The highest BCUT2D eigenvalue weighted by Gasteiger charge is 2.34. The molecule has 1 saturated heterocycles. The molecule has 2 unspecified atom stereocenters. The van der Waals surface area contributed by atoms with Gasteiger partial charge in [0.25, 0.3) is 0 Å². The molecule has 25 heavy (non-hydrogen) atoms. The zero-order chi connectivity index (χ0) is 18.4. The number of thioether (sulfide) groups is 1. The summed E-state index contributed by atoms with van der Waals surface area (Å²) in [6.45, 7) is 11.0. The molecule has 1 fully saturated rings. The van der Waals surface area contributed by atoms with Gasteiger partial charge in [-0.05, 0) is 45.8 Å². The minimum Gasteiger partial charge on any atom is -0.372 e. The fourth-order valence-electron chi connectivity index (χ4n) is 3.50. The Morgan fingerprint density at radius 3 is 2.16 bits per heavy atom. The van der Waals surface area contributed by atoms with E-state index in [-0.39, 0.29) is 0 Å². The molecule has 1 aliphatic heterocycles. The Labute approximate surface area is 160 Å². The largest absolute Gasteiger partial charge is 0.372 e. The van der Waals surface area contributed by atoms with Crippen LogP contribution in [0.1, 0.15) is 85.5 Å². The van der Waals surface area contributed by atoms with Crippen LogP contribution in [0.15, 0.2) is 0 Å². The van der Waals surface area contributed by atoms with Gasteiger partial charge >= 0.3 is 0 Å². The summed E-state index contributed by atoms with van der Waals surface area (Å²) in [5.74, 6) is 2.46. The van der Waals surface area contributed by atoms with Gasteiger partial charge < -0.3 is 14.2 Å². The second-order valence-corrected chi connectivity index (χ2v) is 8.46. The molecule has 2 atom stereocenters. The molecular formula is C21H42O3S. The third-order valence-electron chi connectivity index (χ3n) is 5.06. The minimum atomic E-state index is -0.419. The predicted molar refractivity (Wildman–Crippen MR) is 109 cm³/mol. The molecule has 0 aromatic heterocycles. The normalized spacial score (nSPS) is 18.5. The summed E-state index contributed by atoms with van der Waals surface area (Å²) in [5.41, 5.74) is 0. The van der Waals surface area contributed by atoms with Crippen LogP contribution in [0.3, 0.4) is 0 Å². The van der Waals surface area contributed by atoms with E-state index >= 15 is 0 Å². The second kappa shape index (κ2) is 14.3. The van der Waals surface area contributed by atoms with Crippen molar-refractivity contribution in [3.05, 3.63) is 0 Å². The van der Waals surface area contributed by atoms with Crippen molar-refractivity contribution >= 4 is 11.8 Å². The molecule has 150 valence electrons. The van der Waals surface area contributed by atoms with E-state index in [9.17, 15) is 0 Å². The van der Waals surface area contributed by atoms with E-state index in [1.54, 1.807) is 0 Å². The highest BCUT2D eigenvalue weighted by atomic mass is 32.2. The van der Waals surface area contributed by atoms with Crippen LogP contribution in [-0.2, 0) is 14.2 Å². The molecule has 1 heterocycles. The zero-order valence-electron chi connectivity index (χ0n) is 17.2. The van der Waals surface area contributed by atoms with Gasteiger partial charge in [-0.15, -0.1) is 0 Å². The lowest BCUT2D eigenvalue weighted by Crippen LogP contribution is -2.41. The average Bonchev–Trinajstić information content (AvgIpc) is 3.40. The fraction of sp³-hybridized carbons (Fsp3) is 1.00. The van der Waals surface area contributed by atoms with E-state index in [4.69, 9.17) is 14.2 Å². The SMILES string of the molecule is CCCCCCCCC(CCCSCC1CO1)C(C)(OCC)OCC. The van der Waals surface area contributed by atoms with Gasteiger partial charge in [0.2, 0.25) is 0 Å². The van der Waals surface area contributed by atoms with Gasteiger partial charge in [-0.1, -0.05) is 45.4 Å². The summed E-state index contributed by atoms with van der Waals surface area (Å²) in [6, 6.07) is 0. The highest BCUT2D eigenvalue weighted by molar-refractivity contribution is 7.99. The molecule has 1 rings (SSSR count). The maximum Gasteiger partial charge on any atom is 0.168 e. The number of rotatable bonds is 18. The monoisotopic (exact) mass is 374 g/mol. The Morgan fingerprint density at radius 2 is 1.56 bits per heavy atom. The third kappa shape index (κ3) is 10.8. The molecule has 1 aliphatic rings. The molecule has 0 aromatic carbocycles. The quantitative estimate of drug-likeness (QED) is 0.166. The van der Waals surface area contributed by atoms with E-state index in [0.717, 1.165) is 25.6 Å². The van der Waals surface area contributed by atoms with Gasteiger partial charge in [0.15, 0.2) is 5.79 Å². The van der Waals surface area contributed by atoms with Crippen molar-refractivity contribution < 1.29 is 14.2 Å². The highest BCUT2D eigenvalue weighted by Crippen LogP contribution is 2.33. The van der Waals surface area contributed by atoms with Crippen LogP contribution >= 0.6 is 11.8 Å².